The van der Waals surface area contributed by atoms with E-state index in [0.29, 0.717) is 28.6 Å². The second-order valence-electron chi connectivity index (χ2n) is 6.83. The summed E-state index contributed by atoms with van der Waals surface area (Å²) in [4.78, 5) is 31.3. The molecule has 3 amide bonds. The lowest BCUT2D eigenvalue weighted by Crippen LogP contribution is -2.54. The molecule has 1 unspecified atom stereocenters. The normalized spacial score (nSPS) is 17.7. The maximum atomic E-state index is 13.0. The van der Waals surface area contributed by atoms with Gasteiger partial charge in [0.2, 0.25) is 5.82 Å². The van der Waals surface area contributed by atoms with Gasteiger partial charge in [-0.05, 0) is 24.3 Å². The molecule has 2 heterocycles. The highest BCUT2D eigenvalue weighted by Crippen LogP contribution is 2.31. The van der Waals surface area contributed by atoms with Crippen LogP contribution >= 0.6 is 0 Å². The van der Waals surface area contributed by atoms with E-state index in [2.05, 4.69) is 16.7 Å². The molecule has 1 aromatic carbocycles. The molecule has 0 saturated heterocycles. The Labute approximate surface area is 178 Å². The van der Waals surface area contributed by atoms with Gasteiger partial charge in [0, 0.05) is 5.56 Å². The van der Waals surface area contributed by atoms with Crippen LogP contribution in [0.5, 0.6) is 11.5 Å². The van der Waals surface area contributed by atoms with Gasteiger partial charge >= 0.3 is 11.9 Å². The van der Waals surface area contributed by atoms with Crippen LogP contribution in [0.3, 0.4) is 0 Å². The summed E-state index contributed by atoms with van der Waals surface area (Å²) >= 11 is 0. The van der Waals surface area contributed by atoms with Crippen LogP contribution < -0.4 is 9.47 Å². The predicted octanol–water partition coefficient (Wildman–Crippen LogP) is 2.60. The molecule has 0 radical (unpaired) electrons. The fourth-order valence-corrected chi connectivity index (χ4v) is 3.52. The minimum atomic E-state index is -0.545. The lowest BCUT2D eigenvalue weighted by molar-refractivity contribution is -0.459. The molecule has 9 heteroatoms. The van der Waals surface area contributed by atoms with E-state index in [1.807, 2.05) is 0 Å². The lowest BCUT2D eigenvalue weighted by Gasteiger charge is -2.25. The number of benzene rings is 1. The van der Waals surface area contributed by atoms with Gasteiger partial charge in [-0.1, -0.05) is 36.0 Å². The highest BCUT2D eigenvalue weighted by atomic mass is 16.5. The quantitative estimate of drug-likeness (QED) is 0.501. The maximum Gasteiger partial charge on any atom is 0.501 e. The number of amides is 3. The summed E-state index contributed by atoms with van der Waals surface area (Å²) in [6, 6.07) is 4.81. The van der Waals surface area contributed by atoms with Gasteiger partial charge < -0.3 is 14.0 Å². The Balaban J connectivity index is 1.66. The summed E-state index contributed by atoms with van der Waals surface area (Å²) in [5.41, 5.74) is 1.25. The van der Waals surface area contributed by atoms with Crippen LogP contribution in [0.2, 0.25) is 0 Å². The van der Waals surface area contributed by atoms with E-state index in [1.165, 1.54) is 10.7 Å². The van der Waals surface area contributed by atoms with Crippen LogP contribution in [0.4, 0.5) is 4.79 Å². The van der Waals surface area contributed by atoms with Gasteiger partial charge in [0.15, 0.2) is 18.0 Å². The third-order valence-corrected chi connectivity index (χ3v) is 5.02. The first-order valence-corrected chi connectivity index (χ1v) is 9.57. The molecule has 9 nitrogen and oxygen atoms in total. The maximum absolute atomic E-state index is 13.0. The zero-order chi connectivity index (χ0) is 22.0. The largest absolute Gasteiger partial charge is 0.501 e. The number of aromatic nitrogens is 2. The fourth-order valence-electron chi connectivity index (χ4n) is 3.52. The van der Waals surface area contributed by atoms with Crippen molar-refractivity contribution in [2.24, 2.45) is 5.92 Å². The Bertz CT molecular complexity index is 1140. The minimum Gasteiger partial charge on any atom is -0.493 e. The number of urea groups is 1. The third kappa shape index (κ3) is 3.65. The summed E-state index contributed by atoms with van der Waals surface area (Å²) in [5.74, 6) is 0.874. The Kier molecular flexibility index (Phi) is 5.48. The molecule has 2 aliphatic rings. The van der Waals surface area contributed by atoms with E-state index in [1.54, 1.807) is 56.7 Å². The number of imide groups is 1. The predicted molar refractivity (Wildman–Crippen MR) is 111 cm³/mol. The zero-order valence-electron chi connectivity index (χ0n) is 17.1. The smallest absolute Gasteiger partial charge is 0.493 e. The van der Waals surface area contributed by atoms with E-state index >= 15 is 0 Å². The van der Waals surface area contributed by atoms with E-state index in [9.17, 15) is 9.59 Å². The number of ether oxygens (including phenoxy) is 2. The van der Waals surface area contributed by atoms with Crippen LogP contribution in [-0.4, -0.2) is 58.0 Å². The third-order valence-electron chi connectivity index (χ3n) is 5.02. The first kappa shape index (κ1) is 20.3. The highest BCUT2D eigenvalue weighted by molar-refractivity contribution is 6.16. The molecule has 0 saturated carbocycles. The van der Waals surface area contributed by atoms with Crippen LogP contribution in [-0.2, 0) is 11.3 Å². The standard InChI is InChI=1S/C22H21N4O5/c1-4-11-25-21(27)15-7-5-6-8-16(15)26(22(25)28)13-19-23-20(24-31-19)14-9-10-17(29-2)18(12-14)30-3/h4-10,12,15H,1,11,13H2,2-3H3/q+1. The zero-order valence-corrected chi connectivity index (χ0v) is 17.1. The molecule has 1 aromatic heterocycles. The average molecular weight is 421 g/mol. The van der Waals surface area contributed by atoms with Gasteiger partial charge in [-0.15, -0.1) is 0 Å². The number of methoxy groups -OCH3 is 2. The summed E-state index contributed by atoms with van der Waals surface area (Å²) in [5, 5.41) is 4.02. The molecule has 1 aliphatic heterocycles. The van der Waals surface area contributed by atoms with Crippen LogP contribution in [0.25, 0.3) is 11.4 Å². The van der Waals surface area contributed by atoms with Crippen molar-refractivity contribution in [3.8, 4) is 22.9 Å². The molecular formula is C22H21N4O5+. The second-order valence-corrected chi connectivity index (χ2v) is 6.83. The van der Waals surface area contributed by atoms with E-state index in [4.69, 9.17) is 14.0 Å². The van der Waals surface area contributed by atoms with E-state index in [0.717, 1.165) is 4.90 Å². The van der Waals surface area contributed by atoms with Gasteiger partial charge in [0.1, 0.15) is 18.2 Å². The highest BCUT2D eigenvalue weighted by Gasteiger charge is 2.46. The van der Waals surface area contributed by atoms with Crippen molar-refractivity contribution >= 4 is 17.6 Å². The van der Waals surface area contributed by atoms with E-state index in [-0.39, 0.29) is 24.9 Å². The monoisotopic (exact) mass is 421 g/mol. The lowest BCUT2D eigenvalue weighted by atomic mass is 9.94. The van der Waals surface area contributed by atoms with Crippen molar-refractivity contribution in [2.45, 2.75) is 6.54 Å². The van der Waals surface area contributed by atoms with Crippen molar-refractivity contribution in [1.29, 1.82) is 0 Å². The molecule has 0 fully saturated rings. The van der Waals surface area contributed by atoms with Crippen molar-refractivity contribution in [2.75, 3.05) is 20.8 Å². The number of carbonyl (C=O) groups excluding carboxylic acids is 2. The molecule has 0 spiro atoms. The van der Waals surface area contributed by atoms with Gasteiger partial charge in [0.05, 0.1) is 14.2 Å². The number of carbonyl (C=O) groups is 2. The molecule has 4 rings (SSSR count). The van der Waals surface area contributed by atoms with Crippen molar-refractivity contribution in [3.63, 3.8) is 0 Å². The molecule has 158 valence electrons. The Morgan fingerprint density at radius 1 is 1.23 bits per heavy atom. The number of hydrogen-bond donors (Lipinski definition) is 0. The molecular weight excluding hydrogens is 400 g/mol. The Morgan fingerprint density at radius 2 is 2.03 bits per heavy atom. The topological polar surface area (TPSA) is 97.8 Å². The van der Waals surface area contributed by atoms with E-state index < -0.39 is 11.9 Å². The van der Waals surface area contributed by atoms with Crippen LogP contribution in [0.15, 0.2) is 59.7 Å². The Hall–Kier alpha value is -4.01. The molecule has 0 bridgehead atoms. The average Bonchev–Trinajstić information content (AvgIpc) is 3.27. The van der Waals surface area contributed by atoms with Gasteiger partial charge in [0.25, 0.3) is 5.89 Å². The fraction of sp³-hybridized carbons (Fsp3) is 0.227. The number of rotatable bonds is 7. The second kappa shape index (κ2) is 8.39. The molecule has 1 atom stereocenters. The summed E-state index contributed by atoms with van der Waals surface area (Å²) in [6.07, 6.45) is 8.59. The van der Waals surface area contributed by atoms with Crippen molar-refractivity contribution in [1.82, 2.24) is 15.0 Å². The number of nitrogens with zero attached hydrogens (tertiary/aromatic N) is 4. The van der Waals surface area contributed by atoms with Crippen molar-refractivity contribution < 1.29 is 28.2 Å². The SMILES string of the molecule is C=CCN1C(=O)C2C=CC=CC2=[N+](Cc2nc(-c3ccc(OC)c(OC)c3)no2)C1=O. The minimum absolute atomic E-state index is 0.0318. The molecule has 1 aliphatic carbocycles. The number of allylic oxidation sites excluding steroid dienone is 3. The van der Waals surface area contributed by atoms with Crippen LogP contribution in [0.1, 0.15) is 5.89 Å². The van der Waals surface area contributed by atoms with Gasteiger partial charge in [-0.2, -0.15) is 19.3 Å². The molecule has 0 N–H and O–H groups in total. The first-order chi connectivity index (χ1) is 15.1. The number of hydrogen-bond acceptors (Lipinski definition) is 7. The summed E-state index contributed by atoms with van der Waals surface area (Å²) in [7, 11) is 3.10. The molecule has 2 aromatic rings. The van der Waals surface area contributed by atoms with Gasteiger partial charge in [-0.25, -0.2) is 4.79 Å². The number of fused-ring (bicyclic) bond motifs is 1. The van der Waals surface area contributed by atoms with Crippen LogP contribution in [0, 0.1) is 5.92 Å². The first-order valence-electron chi connectivity index (χ1n) is 9.57. The van der Waals surface area contributed by atoms with Gasteiger partial charge in [-0.3, -0.25) is 0 Å². The summed E-state index contributed by atoms with van der Waals surface area (Å²) < 4.78 is 17.4. The van der Waals surface area contributed by atoms with Crippen molar-refractivity contribution in [3.05, 3.63) is 61.0 Å². The Morgan fingerprint density at radius 3 is 2.77 bits per heavy atom. The molecule has 31 heavy (non-hydrogen) atoms. The summed E-state index contributed by atoms with van der Waals surface area (Å²) in [6.45, 7) is 3.79.